The van der Waals surface area contributed by atoms with Gasteiger partial charge in [-0.15, -0.1) is 0 Å². The zero-order valence-electron chi connectivity index (χ0n) is 19.1. The number of halogens is 1. The number of carbonyl (C=O) groups is 1. The third-order valence-corrected chi connectivity index (χ3v) is 7.84. The fourth-order valence-corrected chi connectivity index (χ4v) is 5.59. The van der Waals surface area contributed by atoms with Crippen LogP contribution in [0.1, 0.15) is 22.7 Å². The minimum atomic E-state index is -3.98. The zero-order valence-corrected chi connectivity index (χ0v) is 21.5. The van der Waals surface area contributed by atoms with E-state index in [1.165, 1.54) is 12.1 Å². The van der Waals surface area contributed by atoms with E-state index in [1.54, 1.807) is 42.5 Å². The van der Waals surface area contributed by atoms with Crippen LogP contribution in [-0.2, 0) is 14.8 Å². The molecule has 4 aromatic carbocycles. The summed E-state index contributed by atoms with van der Waals surface area (Å²) in [6.45, 7) is 1.63. The fourth-order valence-electron chi connectivity index (χ4n) is 3.77. The van der Waals surface area contributed by atoms with Crippen LogP contribution in [0.4, 0.5) is 5.69 Å². The molecule has 0 aliphatic heterocycles. The molecule has 178 valence electrons. The molecule has 0 spiro atoms. The number of carbonyl (C=O) groups excluding carboxylic acids is 1. The number of hydrogen-bond donors (Lipinski definition) is 1. The maximum atomic E-state index is 13.6. The van der Waals surface area contributed by atoms with Gasteiger partial charge in [0.1, 0.15) is 6.54 Å². The van der Waals surface area contributed by atoms with Gasteiger partial charge in [-0.25, -0.2) is 8.42 Å². The van der Waals surface area contributed by atoms with Crippen LogP contribution in [0, 0.1) is 6.92 Å². The second-order valence-corrected chi connectivity index (χ2v) is 10.9. The standard InChI is InChI=1S/C28H25BrN2O3S/c1-21-15-17-23(18-16-21)28(22-9-4-2-5-10-22)30-27(32)20-31(25-12-8-11-24(29)19-25)35(33,34)26-13-6-3-7-14-26/h2-19,28H,20H2,1H3,(H,30,32). The van der Waals surface area contributed by atoms with E-state index in [0.717, 1.165) is 21.0 Å². The molecule has 7 heteroatoms. The van der Waals surface area contributed by atoms with Gasteiger partial charge in [-0.2, -0.15) is 0 Å². The van der Waals surface area contributed by atoms with Gasteiger partial charge in [0.25, 0.3) is 10.0 Å². The Morgan fingerprint density at radius 3 is 2.06 bits per heavy atom. The quantitative estimate of drug-likeness (QED) is 0.300. The lowest BCUT2D eigenvalue weighted by Gasteiger charge is -2.26. The molecule has 1 atom stereocenters. The molecule has 0 heterocycles. The summed E-state index contributed by atoms with van der Waals surface area (Å²) in [6, 6.07) is 32.2. The largest absolute Gasteiger partial charge is 0.344 e. The number of aryl methyl sites for hydroxylation is 1. The van der Waals surface area contributed by atoms with Gasteiger partial charge in [0.05, 0.1) is 16.6 Å². The van der Waals surface area contributed by atoms with Crippen LogP contribution in [0.5, 0.6) is 0 Å². The highest BCUT2D eigenvalue weighted by atomic mass is 79.9. The lowest BCUT2D eigenvalue weighted by molar-refractivity contribution is -0.120. The Balaban J connectivity index is 1.68. The molecule has 0 bridgehead atoms. The third-order valence-electron chi connectivity index (χ3n) is 5.56. The Morgan fingerprint density at radius 2 is 1.43 bits per heavy atom. The molecule has 0 saturated carbocycles. The van der Waals surface area contributed by atoms with Gasteiger partial charge in [0, 0.05) is 4.47 Å². The Bertz CT molecular complexity index is 1390. The van der Waals surface area contributed by atoms with Gasteiger partial charge in [-0.3, -0.25) is 9.10 Å². The average Bonchev–Trinajstić information content (AvgIpc) is 2.87. The summed E-state index contributed by atoms with van der Waals surface area (Å²) in [4.78, 5) is 13.5. The summed E-state index contributed by atoms with van der Waals surface area (Å²) >= 11 is 3.40. The number of nitrogens with zero attached hydrogens (tertiary/aromatic N) is 1. The van der Waals surface area contributed by atoms with Crippen molar-refractivity contribution in [3.8, 4) is 0 Å². The van der Waals surface area contributed by atoms with Crippen molar-refractivity contribution in [2.24, 2.45) is 0 Å². The molecule has 0 radical (unpaired) electrons. The van der Waals surface area contributed by atoms with Crippen LogP contribution in [0.15, 0.2) is 119 Å². The SMILES string of the molecule is Cc1ccc(C(NC(=O)CN(c2cccc(Br)c2)S(=O)(=O)c2ccccc2)c2ccccc2)cc1. The van der Waals surface area contributed by atoms with Crippen molar-refractivity contribution < 1.29 is 13.2 Å². The van der Waals surface area contributed by atoms with E-state index in [4.69, 9.17) is 0 Å². The summed E-state index contributed by atoms with van der Waals surface area (Å²) in [5, 5.41) is 3.05. The highest BCUT2D eigenvalue weighted by Gasteiger charge is 2.28. The Labute approximate surface area is 214 Å². The highest BCUT2D eigenvalue weighted by molar-refractivity contribution is 9.10. The maximum absolute atomic E-state index is 13.6. The first-order valence-electron chi connectivity index (χ1n) is 11.1. The van der Waals surface area contributed by atoms with Gasteiger partial charge in [-0.1, -0.05) is 100 Å². The van der Waals surface area contributed by atoms with E-state index in [1.807, 2.05) is 61.5 Å². The second-order valence-electron chi connectivity index (χ2n) is 8.13. The summed E-state index contributed by atoms with van der Waals surface area (Å²) in [6.07, 6.45) is 0. The van der Waals surface area contributed by atoms with Gasteiger partial charge in [0.15, 0.2) is 0 Å². The monoisotopic (exact) mass is 548 g/mol. The number of sulfonamides is 1. The first-order chi connectivity index (χ1) is 16.8. The average molecular weight is 549 g/mol. The van der Waals surface area contributed by atoms with Crippen LogP contribution >= 0.6 is 15.9 Å². The number of nitrogens with one attached hydrogen (secondary N) is 1. The normalized spacial score (nSPS) is 12.1. The van der Waals surface area contributed by atoms with Gasteiger partial charge in [0.2, 0.25) is 5.91 Å². The van der Waals surface area contributed by atoms with E-state index in [0.29, 0.717) is 10.2 Å². The van der Waals surface area contributed by atoms with Crippen LogP contribution < -0.4 is 9.62 Å². The number of rotatable bonds is 8. The van der Waals surface area contributed by atoms with Crippen molar-refractivity contribution in [1.29, 1.82) is 0 Å². The molecule has 0 saturated heterocycles. The molecular weight excluding hydrogens is 524 g/mol. The Kier molecular flexibility index (Phi) is 7.68. The van der Waals surface area contributed by atoms with Crippen LogP contribution in [0.3, 0.4) is 0 Å². The molecule has 0 aromatic heterocycles. The van der Waals surface area contributed by atoms with E-state index >= 15 is 0 Å². The smallest absolute Gasteiger partial charge is 0.264 e. The van der Waals surface area contributed by atoms with E-state index in [-0.39, 0.29) is 11.4 Å². The molecule has 0 fully saturated rings. The highest BCUT2D eigenvalue weighted by Crippen LogP contribution is 2.27. The molecule has 1 unspecified atom stereocenters. The molecule has 35 heavy (non-hydrogen) atoms. The lowest BCUT2D eigenvalue weighted by atomic mass is 9.98. The summed E-state index contributed by atoms with van der Waals surface area (Å²) in [5.41, 5.74) is 3.33. The van der Waals surface area contributed by atoms with Crippen molar-refractivity contribution in [3.05, 3.63) is 130 Å². The first kappa shape index (κ1) is 24.7. The fraction of sp³-hybridized carbons (Fsp3) is 0.107. The summed E-state index contributed by atoms with van der Waals surface area (Å²) in [7, 11) is -3.98. The number of anilines is 1. The molecule has 1 amide bonds. The molecular formula is C28H25BrN2O3S. The van der Waals surface area contributed by atoms with E-state index < -0.39 is 22.0 Å². The Morgan fingerprint density at radius 1 is 0.829 bits per heavy atom. The van der Waals surface area contributed by atoms with Crippen LogP contribution in [-0.4, -0.2) is 20.9 Å². The first-order valence-corrected chi connectivity index (χ1v) is 13.3. The van der Waals surface area contributed by atoms with Gasteiger partial charge < -0.3 is 5.32 Å². The van der Waals surface area contributed by atoms with E-state index in [2.05, 4.69) is 21.2 Å². The minimum Gasteiger partial charge on any atom is -0.344 e. The van der Waals surface area contributed by atoms with Crippen molar-refractivity contribution in [2.45, 2.75) is 17.9 Å². The lowest BCUT2D eigenvalue weighted by Crippen LogP contribution is -2.42. The summed E-state index contributed by atoms with van der Waals surface area (Å²) in [5.74, 6) is -0.418. The van der Waals surface area contributed by atoms with Crippen molar-refractivity contribution in [2.75, 3.05) is 10.8 Å². The van der Waals surface area contributed by atoms with Gasteiger partial charge >= 0.3 is 0 Å². The third kappa shape index (κ3) is 5.99. The van der Waals surface area contributed by atoms with Crippen molar-refractivity contribution in [1.82, 2.24) is 5.32 Å². The van der Waals surface area contributed by atoms with Crippen molar-refractivity contribution >= 4 is 37.5 Å². The molecule has 1 N–H and O–H groups in total. The van der Waals surface area contributed by atoms with Crippen LogP contribution in [0.2, 0.25) is 0 Å². The van der Waals surface area contributed by atoms with Gasteiger partial charge in [-0.05, 0) is 48.4 Å². The van der Waals surface area contributed by atoms with E-state index in [9.17, 15) is 13.2 Å². The van der Waals surface area contributed by atoms with Crippen LogP contribution in [0.25, 0.3) is 0 Å². The minimum absolute atomic E-state index is 0.117. The molecule has 4 rings (SSSR count). The molecule has 5 nitrogen and oxygen atoms in total. The zero-order chi connectivity index (χ0) is 24.8. The summed E-state index contributed by atoms with van der Waals surface area (Å²) < 4.78 is 29.0. The Hall–Kier alpha value is -3.42. The second kappa shape index (κ2) is 10.9. The topological polar surface area (TPSA) is 66.5 Å². The number of benzene rings is 4. The van der Waals surface area contributed by atoms with Crippen molar-refractivity contribution in [3.63, 3.8) is 0 Å². The molecule has 4 aromatic rings. The maximum Gasteiger partial charge on any atom is 0.264 e. The molecule has 0 aliphatic carbocycles. The predicted octanol–water partition coefficient (Wildman–Crippen LogP) is 5.86. The molecule has 0 aliphatic rings. The number of amides is 1. The number of hydrogen-bond acceptors (Lipinski definition) is 3. The predicted molar refractivity (Wildman–Crippen MR) is 143 cm³/mol.